The predicted octanol–water partition coefficient (Wildman–Crippen LogP) is 1.26. The molecule has 2 aliphatic rings. The molecule has 5 heteroatoms. The highest BCUT2D eigenvalue weighted by atomic mass is 16.4. The second-order valence-electron chi connectivity index (χ2n) is 6.23. The van der Waals surface area contributed by atoms with Gasteiger partial charge in [0, 0.05) is 12.1 Å². The summed E-state index contributed by atoms with van der Waals surface area (Å²) >= 11 is 0. The van der Waals surface area contributed by atoms with Crippen LogP contribution in [0.1, 0.15) is 51.9 Å². The van der Waals surface area contributed by atoms with Crippen LogP contribution in [0.5, 0.6) is 0 Å². The average Bonchev–Trinajstić information content (AvgIpc) is 2.78. The number of carboxylic acid groups (broad SMARTS) is 1. The van der Waals surface area contributed by atoms with Gasteiger partial charge in [-0.1, -0.05) is 19.3 Å². The molecule has 5 nitrogen and oxygen atoms in total. The molecule has 19 heavy (non-hydrogen) atoms. The van der Waals surface area contributed by atoms with Crippen molar-refractivity contribution in [3.8, 4) is 0 Å². The van der Waals surface area contributed by atoms with Gasteiger partial charge in [-0.25, -0.2) is 0 Å². The van der Waals surface area contributed by atoms with Crippen LogP contribution >= 0.6 is 0 Å². The van der Waals surface area contributed by atoms with Crippen LogP contribution in [0.3, 0.4) is 0 Å². The maximum absolute atomic E-state index is 12.3. The molecular formula is C14H24N2O3. The van der Waals surface area contributed by atoms with Gasteiger partial charge in [-0.15, -0.1) is 0 Å². The lowest BCUT2D eigenvalue weighted by Crippen LogP contribution is -2.54. The molecule has 108 valence electrons. The minimum Gasteiger partial charge on any atom is -0.481 e. The molecule has 0 saturated heterocycles. The van der Waals surface area contributed by atoms with E-state index in [4.69, 9.17) is 5.73 Å². The molecule has 4 atom stereocenters. The van der Waals surface area contributed by atoms with Crippen molar-refractivity contribution in [2.75, 3.05) is 0 Å². The molecule has 4 unspecified atom stereocenters. The van der Waals surface area contributed by atoms with Crippen molar-refractivity contribution in [1.29, 1.82) is 0 Å². The third-order valence-corrected chi connectivity index (χ3v) is 4.92. The number of carbonyl (C=O) groups excluding carboxylic acids is 1. The van der Waals surface area contributed by atoms with Crippen LogP contribution in [-0.4, -0.2) is 29.1 Å². The number of nitrogens with two attached hydrogens (primary N) is 1. The fraction of sp³-hybridized carbons (Fsp3) is 0.857. The normalized spacial score (nSPS) is 38.9. The van der Waals surface area contributed by atoms with E-state index >= 15 is 0 Å². The van der Waals surface area contributed by atoms with E-state index in [9.17, 15) is 14.7 Å². The average molecular weight is 268 g/mol. The molecule has 0 spiro atoms. The zero-order valence-electron chi connectivity index (χ0n) is 11.5. The predicted molar refractivity (Wildman–Crippen MR) is 71.5 cm³/mol. The Labute approximate surface area is 113 Å². The molecule has 0 aromatic rings. The van der Waals surface area contributed by atoms with Crippen LogP contribution in [0.15, 0.2) is 0 Å². The number of carboxylic acids is 1. The Balaban J connectivity index is 2.03. The largest absolute Gasteiger partial charge is 0.481 e. The van der Waals surface area contributed by atoms with E-state index in [1.807, 2.05) is 0 Å². The lowest BCUT2D eigenvalue weighted by Gasteiger charge is -2.39. The minimum absolute atomic E-state index is 0.0515. The Morgan fingerprint density at radius 2 is 1.95 bits per heavy atom. The molecular weight excluding hydrogens is 244 g/mol. The van der Waals surface area contributed by atoms with Gasteiger partial charge in [0.25, 0.3) is 0 Å². The topological polar surface area (TPSA) is 92.4 Å². The van der Waals surface area contributed by atoms with Crippen molar-refractivity contribution < 1.29 is 14.7 Å². The molecule has 0 bridgehead atoms. The lowest BCUT2D eigenvalue weighted by molar-refractivity contribution is -0.152. The highest BCUT2D eigenvalue weighted by molar-refractivity contribution is 5.82. The summed E-state index contributed by atoms with van der Waals surface area (Å²) in [6.07, 6.45) is 5.96. The first-order chi connectivity index (χ1) is 8.95. The van der Waals surface area contributed by atoms with Gasteiger partial charge in [-0.2, -0.15) is 0 Å². The summed E-state index contributed by atoms with van der Waals surface area (Å²) < 4.78 is 0. The van der Waals surface area contributed by atoms with Crippen LogP contribution in [0.25, 0.3) is 0 Å². The van der Waals surface area contributed by atoms with Gasteiger partial charge >= 0.3 is 5.97 Å². The monoisotopic (exact) mass is 268 g/mol. The van der Waals surface area contributed by atoms with E-state index in [0.717, 1.165) is 38.5 Å². The Morgan fingerprint density at radius 3 is 2.53 bits per heavy atom. The molecule has 2 rings (SSSR count). The van der Waals surface area contributed by atoms with Gasteiger partial charge in [0.15, 0.2) is 0 Å². The molecule has 0 heterocycles. The quantitative estimate of drug-likeness (QED) is 0.718. The number of aliphatic carboxylic acids is 1. The number of rotatable bonds is 3. The zero-order valence-corrected chi connectivity index (χ0v) is 11.5. The van der Waals surface area contributed by atoms with Gasteiger partial charge in [0.1, 0.15) is 0 Å². The molecule has 0 aromatic carbocycles. The number of nitrogens with one attached hydrogen (secondary N) is 1. The third kappa shape index (κ3) is 2.76. The Bertz CT molecular complexity index is 372. The molecule has 1 amide bonds. The van der Waals surface area contributed by atoms with Gasteiger partial charge < -0.3 is 16.2 Å². The van der Waals surface area contributed by atoms with E-state index in [-0.39, 0.29) is 23.9 Å². The van der Waals surface area contributed by atoms with Gasteiger partial charge in [-0.3, -0.25) is 9.59 Å². The number of hydrogen-bond donors (Lipinski definition) is 3. The zero-order chi connectivity index (χ0) is 14.0. The van der Waals surface area contributed by atoms with Crippen molar-refractivity contribution in [2.24, 2.45) is 17.1 Å². The Hall–Kier alpha value is -1.10. The molecule has 2 fully saturated rings. The van der Waals surface area contributed by atoms with Crippen molar-refractivity contribution in [3.05, 3.63) is 0 Å². The van der Waals surface area contributed by atoms with Crippen molar-refractivity contribution >= 4 is 11.9 Å². The van der Waals surface area contributed by atoms with Crippen LogP contribution in [0, 0.1) is 11.3 Å². The second-order valence-corrected chi connectivity index (χ2v) is 6.23. The van der Waals surface area contributed by atoms with Gasteiger partial charge in [0.2, 0.25) is 5.91 Å². The fourth-order valence-electron chi connectivity index (χ4n) is 3.41. The lowest BCUT2D eigenvalue weighted by atomic mass is 9.71. The van der Waals surface area contributed by atoms with Crippen molar-refractivity contribution in [1.82, 2.24) is 5.32 Å². The second kappa shape index (κ2) is 5.49. The third-order valence-electron chi connectivity index (χ3n) is 4.92. The Morgan fingerprint density at radius 1 is 1.21 bits per heavy atom. The number of amides is 1. The fourth-order valence-corrected chi connectivity index (χ4v) is 3.41. The summed E-state index contributed by atoms with van der Waals surface area (Å²) in [5.74, 6) is -1.00. The summed E-state index contributed by atoms with van der Waals surface area (Å²) in [5.41, 5.74) is 5.10. The van der Waals surface area contributed by atoms with Gasteiger partial charge in [-0.05, 0) is 32.6 Å². The molecule has 0 aromatic heterocycles. The molecule has 2 saturated carbocycles. The van der Waals surface area contributed by atoms with Crippen LogP contribution in [-0.2, 0) is 9.59 Å². The van der Waals surface area contributed by atoms with Crippen molar-refractivity contribution in [2.45, 2.75) is 64.0 Å². The van der Waals surface area contributed by atoms with Crippen LogP contribution in [0.2, 0.25) is 0 Å². The minimum atomic E-state index is -0.837. The summed E-state index contributed by atoms with van der Waals surface area (Å²) in [6.45, 7) is 1.74. The van der Waals surface area contributed by atoms with E-state index in [1.54, 1.807) is 6.92 Å². The Kier molecular flexibility index (Phi) is 4.13. The van der Waals surface area contributed by atoms with Crippen molar-refractivity contribution in [3.63, 3.8) is 0 Å². The summed E-state index contributed by atoms with van der Waals surface area (Å²) in [4.78, 5) is 23.7. The van der Waals surface area contributed by atoms with E-state index in [2.05, 4.69) is 5.32 Å². The smallest absolute Gasteiger partial charge is 0.311 e. The van der Waals surface area contributed by atoms with E-state index < -0.39 is 11.4 Å². The maximum atomic E-state index is 12.3. The van der Waals surface area contributed by atoms with Crippen LogP contribution in [0.4, 0.5) is 0 Å². The molecule has 0 aliphatic heterocycles. The maximum Gasteiger partial charge on any atom is 0.311 e. The highest BCUT2D eigenvalue weighted by Gasteiger charge is 2.45. The van der Waals surface area contributed by atoms with E-state index in [0.29, 0.717) is 6.42 Å². The number of carbonyl (C=O) groups is 2. The van der Waals surface area contributed by atoms with E-state index in [1.165, 1.54) is 0 Å². The summed E-state index contributed by atoms with van der Waals surface area (Å²) in [7, 11) is 0. The van der Waals surface area contributed by atoms with Gasteiger partial charge in [0.05, 0.1) is 11.3 Å². The first-order valence-corrected chi connectivity index (χ1v) is 7.24. The molecule has 4 N–H and O–H groups in total. The van der Waals surface area contributed by atoms with Crippen LogP contribution < -0.4 is 11.1 Å². The number of hydrogen-bond acceptors (Lipinski definition) is 3. The summed E-state index contributed by atoms with van der Waals surface area (Å²) in [6, 6.07) is -0.335. The molecule has 2 aliphatic carbocycles. The first kappa shape index (κ1) is 14.3. The standard InChI is InChI=1S/C14H24N2O3/c1-14(13(18)19)8-3-2-7-11(14)16-12(17)9-5-4-6-10(9)15/h9-11H,2-8,15H2,1H3,(H,16,17)(H,18,19). The summed E-state index contributed by atoms with van der Waals surface area (Å²) in [5, 5.41) is 12.4. The SMILES string of the molecule is CC1(C(=O)O)CCCCC1NC(=O)C1CCCC1N. The first-order valence-electron chi connectivity index (χ1n) is 7.24. The highest BCUT2D eigenvalue weighted by Crippen LogP contribution is 2.37. The molecule has 0 radical (unpaired) electrons.